The minimum atomic E-state index is -0.0451. The number of aliphatic imine (C=N–C) groups is 1. The van der Waals surface area contributed by atoms with Gasteiger partial charge in [-0.2, -0.15) is 0 Å². The van der Waals surface area contributed by atoms with Crippen LogP contribution in [0.4, 0.5) is 0 Å². The number of benzene rings is 1. The molecule has 27 heavy (non-hydrogen) atoms. The monoisotopic (exact) mass is 391 g/mol. The average molecular weight is 392 g/mol. The SMILES string of the molecule is CCCN(CCCCCc1ccc(O)c(O)c1)C1CCC2N=C(N)SC2C1. The van der Waals surface area contributed by atoms with Crippen LogP contribution in [-0.4, -0.2) is 50.7 Å². The molecule has 0 saturated heterocycles. The molecule has 5 nitrogen and oxygen atoms in total. The number of hydrogen-bond acceptors (Lipinski definition) is 6. The minimum Gasteiger partial charge on any atom is -0.504 e. The molecule has 0 aromatic heterocycles. The van der Waals surface area contributed by atoms with E-state index in [1.165, 1.54) is 45.1 Å². The van der Waals surface area contributed by atoms with Crippen LogP contribution >= 0.6 is 11.8 Å². The van der Waals surface area contributed by atoms with E-state index < -0.39 is 0 Å². The number of amidine groups is 1. The highest BCUT2D eigenvalue weighted by atomic mass is 32.2. The van der Waals surface area contributed by atoms with Crippen LogP contribution in [0.3, 0.4) is 0 Å². The van der Waals surface area contributed by atoms with Gasteiger partial charge in [0.15, 0.2) is 16.7 Å². The second-order valence-electron chi connectivity index (χ2n) is 7.83. The summed E-state index contributed by atoms with van der Waals surface area (Å²) >= 11 is 1.78. The van der Waals surface area contributed by atoms with Crippen LogP contribution in [0.2, 0.25) is 0 Å². The Hall–Kier alpha value is -1.40. The Bertz CT molecular complexity index is 652. The van der Waals surface area contributed by atoms with Gasteiger partial charge in [0.2, 0.25) is 0 Å². The zero-order valence-corrected chi connectivity index (χ0v) is 17.1. The highest BCUT2D eigenvalue weighted by Crippen LogP contribution is 2.37. The molecule has 1 aliphatic heterocycles. The van der Waals surface area contributed by atoms with Gasteiger partial charge in [-0.1, -0.05) is 31.2 Å². The largest absolute Gasteiger partial charge is 0.504 e. The molecule has 3 atom stereocenters. The molecule has 0 spiro atoms. The molecule has 3 unspecified atom stereocenters. The maximum atomic E-state index is 9.59. The lowest BCUT2D eigenvalue weighted by Gasteiger charge is -2.38. The molecule has 0 amide bonds. The molecule has 4 N–H and O–H groups in total. The lowest BCUT2D eigenvalue weighted by atomic mass is 9.89. The summed E-state index contributed by atoms with van der Waals surface area (Å²) in [5.74, 6) is -0.0668. The van der Waals surface area contributed by atoms with E-state index in [1.54, 1.807) is 23.9 Å². The second-order valence-corrected chi connectivity index (χ2v) is 9.09. The molecule has 0 bridgehead atoms. The molecular formula is C21H33N3O2S. The molecule has 150 valence electrons. The van der Waals surface area contributed by atoms with Gasteiger partial charge in [-0.05, 0) is 75.7 Å². The van der Waals surface area contributed by atoms with Gasteiger partial charge < -0.3 is 20.8 Å². The number of thioether (sulfide) groups is 1. The van der Waals surface area contributed by atoms with Crippen molar-refractivity contribution in [2.24, 2.45) is 10.7 Å². The molecule has 1 aromatic rings. The van der Waals surface area contributed by atoms with Crippen LogP contribution in [-0.2, 0) is 6.42 Å². The van der Waals surface area contributed by atoms with Crippen LogP contribution in [0.1, 0.15) is 57.4 Å². The number of phenols is 2. The van der Waals surface area contributed by atoms with E-state index in [0.717, 1.165) is 30.1 Å². The van der Waals surface area contributed by atoms with Crippen molar-refractivity contribution in [2.45, 2.75) is 75.6 Å². The molecule has 2 aliphatic rings. The van der Waals surface area contributed by atoms with Gasteiger partial charge in [0.25, 0.3) is 0 Å². The first-order chi connectivity index (χ1) is 13.1. The third-order valence-corrected chi connectivity index (χ3v) is 6.93. The normalized spacial score (nSPS) is 24.8. The van der Waals surface area contributed by atoms with E-state index in [4.69, 9.17) is 5.73 Å². The molecule has 6 heteroatoms. The van der Waals surface area contributed by atoms with E-state index >= 15 is 0 Å². The molecule has 1 saturated carbocycles. The summed E-state index contributed by atoms with van der Waals surface area (Å²) in [6.45, 7) is 4.61. The van der Waals surface area contributed by atoms with Crippen molar-refractivity contribution in [2.75, 3.05) is 13.1 Å². The van der Waals surface area contributed by atoms with E-state index in [2.05, 4.69) is 16.8 Å². The number of unbranched alkanes of at least 4 members (excludes halogenated alkanes) is 2. The number of rotatable bonds is 9. The van der Waals surface area contributed by atoms with E-state index in [9.17, 15) is 10.2 Å². The number of aryl methyl sites for hydroxylation is 1. The number of hydrogen-bond donors (Lipinski definition) is 3. The smallest absolute Gasteiger partial charge is 0.157 e. The van der Waals surface area contributed by atoms with Gasteiger partial charge in [0.05, 0.1) is 6.04 Å². The molecule has 1 heterocycles. The maximum absolute atomic E-state index is 9.59. The summed E-state index contributed by atoms with van der Waals surface area (Å²) in [5.41, 5.74) is 7.01. The quantitative estimate of drug-likeness (QED) is 0.440. The Morgan fingerprint density at radius 1 is 1.15 bits per heavy atom. The Morgan fingerprint density at radius 2 is 2.00 bits per heavy atom. The average Bonchev–Trinajstić information content (AvgIpc) is 3.02. The van der Waals surface area contributed by atoms with Crippen molar-refractivity contribution in [1.82, 2.24) is 4.90 Å². The standard InChI is InChI=1S/C21H33N3O2S/c1-2-11-24(16-8-9-17-20(14-16)27-21(22)23-17)12-5-3-4-6-15-7-10-18(25)19(26)13-15/h7,10,13,16-17,20,25-26H,2-6,8-9,11-12,14H2,1H3,(H2,22,23). The van der Waals surface area contributed by atoms with Gasteiger partial charge in [-0.15, -0.1) is 0 Å². The predicted octanol–water partition coefficient (Wildman–Crippen LogP) is 3.87. The summed E-state index contributed by atoms with van der Waals surface area (Å²) in [6.07, 6.45) is 9.28. The number of nitrogens with two attached hydrogens (primary N) is 1. The highest BCUT2D eigenvalue weighted by molar-refractivity contribution is 8.14. The van der Waals surface area contributed by atoms with Crippen LogP contribution in [0, 0.1) is 0 Å². The van der Waals surface area contributed by atoms with Crippen LogP contribution in [0.25, 0.3) is 0 Å². The van der Waals surface area contributed by atoms with Gasteiger partial charge in [0, 0.05) is 11.3 Å². The van der Waals surface area contributed by atoms with Crippen molar-refractivity contribution in [3.05, 3.63) is 23.8 Å². The van der Waals surface area contributed by atoms with Crippen LogP contribution < -0.4 is 5.73 Å². The van der Waals surface area contributed by atoms with Gasteiger partial charge in [-0.25, -0.2) is 0 Å². The fourth-order valence-corrected chi connectivity index (χ4v) is 5.54. The Labute approximate surface area is 167 Å². The Morgan fingerprint density at radius 3 is 2.78 bits per heavy atom. The summed E-state index contributed by atoms with van der Waals surface area (Å²) in [6, 6.07) is 6.26. The van der Waals surface area contributed by atoms with Crippen molar-refractivity contribution in [3.8, 4) is 11.5 Å². The minimum absolute atomic E-state index is 0.0216. The molecule has 0 radical (unpaired) electrons. The fraction of sp³-hybridized carbons (Fsp3) is 0.667. The molecule has 1 fully saturated rings. The lowest BCUT2D eigenvalue weighted by molar-refractivity contribution is 0.150. The second kappa shape index (κ2) is 9.69. The van der Waals surface area contributed by atoms with Crippen LogP contribution in [0.5, 0.6) is 11.5 Å². The number of fused-ring (bicyclic) bond motifs is 1. The summed E-state index contributed by atoms with van der Waals surface area (Å²) < 4.78 is 0. The number of phenolic OH excluding ortho intramolecular Hbond substituents is 2. The molecular weight excluding hydrogens is 358 g/mol. The van der Waals surface area contributed by atoms with E-state index in [-0.39, 0.29) is 11.5 Å². The number of nitrogens with zero attached hydrogens (tertiary/aromatic N) is 2. The summed E-state index contributed by atoms with van der Waals surface area (Å²) in [7, 11) is 0. The third kappa shape index (κ3) is 5.55. The first-order valence-corrected chi connectivity index (χ1v) is 11.2. The highest BCUT2D eigenvalue weighted by Gasteiger charge is 2.37. The molecule has 3 rings (SSSR count). The van der Waals surface area contributed by atoms with Gasteiger partial charge in [-0.3, -0.25) is 4.99 Å². The first-order valence-electron chi connectivity index (χ1n) is 10.3. The topological polar surface area (TPSA) is 82.1 Å². The third-order valence-electron chi connectivity index (χ3n) is 5.77. The zero-order valence-electron chi connectivity index (χ0n) is 16.3. The van der Waals surface area contributed by atoms with E-state index in [0.29, 0.717) is 17.3 Å². The Kier molecular flexibility index (Phi) is 7.30. The van der Waals surface area contributed by atoms with Crippen molar-refractivity contribution >= 4 is 16.9 Å². The van der Waals surface area contributed by atoms with Crippen molar-refractivity contribution in [3.63, 3.8) is 0 Å². The van der Waals surface area contributed by atoms with Gasteiger partial charge >= 0.3 is 0 Å². The first kappa shape index (κ1) is 20.3. The lowest BCUT2D eigenvalue weighted by Crippen LogP contribution is -2.43. The van der Waals surface area contributed by atoms with Crippen molar-refractivity contribution < 1.29 is 10.2 Å². The predicted molar refractivity (Wildman–Crippen MR) is 114 cm³/mol. The summed E-state index contributed by atoms with van der Waals surface area (Å²) in [5, 5.41) is 20.3. The van der Waals surface area contributed by atoms with E-state index in [1.807, 2.05) is 6.07 Å². The van der Waals surface area contributed by atoms with Crippen LogP contribution in [0.15, 0.2) is 23.2 Å². The maximum Gasteiger partial charge on any atom is 0.157 e. The molecule has 1 aromatic carbocycles. The van der Waals surface area contributed by atoms with Crippen molar-refractivity contribution in [1.29, 1.82) is 0 Å². The van der Waals surface area contributed by atoms with Gasteiger partial charge in [0.1, 0.15) is 0 Å². The zero-order chi connectivity index (χ0) is 19.2. The molecule has 1 aliphatic carbocycles. The Balaban J connectivity index is 1.40. The number of aromatic hydroxyl groups is 2. The fourth-order valence-electron chi connectivity index (χ4n) is 4.36. The summed E-state index contributed by atoms with van der Waals surface area (Å²) in [4.78, 5) is 7.27.